The molecule has 8 heteroatoms. The molecule has 1 aliphatic heterocycles. The number of carbonyl (C=O) groups is 1. The summed E-state index contributed by atoms with van der Waals surface area (Å²) in [6, 6.07) is -0.622. The molecule has 0 radical (unpaired) electrons. The van der Waals surface area contributed by atoms with Crippen LogP contribution in [-0.4, -0.2) is 70.5 Å². The molecule has 0 amide bonds. The lowest BCUT2D eigenvalue weighted by Gasteiger charge is -2.39. The molecule has 0 saturated carbocycles. The van der Waals surface area contributed by atoms with Crippen molar-refractivity contribution in [3.8, 4) is 0 Å². The lowest BCUT2D eigenvalue weighted by molar-refractivity contribution is -0.161. The fraction of sp³-hybridized carbons (Fsp3) is 0.857. The first-order valence-corrected chi connectivity index (χ1v) is 7.50. The lowest BCUT2D eigenvalue weighted by atomic mass is 9.97. The monoisotopic (exact) mass is 316 g/mol. The largest absolute Gasteiger partial charge is 0.458 e. The molecule has 6 N–H and O–H groups in total. The first-order valence-electron chi connectivity index (χ1n) is 7.50. The molecule has 1 heterocycles. The summed E-state index contributed by atoms with van der Waals surface area (Å²) in [4.78, 5) is 13.9. The number of ether oxygens (including phenoxy) is 1. The normalized spacial score (nSPS) is 24.0. The highest BCUT2D eigenvalue weighted by molar-refractivity contribution is 5.84. The van der Waals surface area contributed by atoms with Crippen LogP contribution in [0, 0.1) is 5.41 Å². The zero-order chi connectivity index (χ0) is 16.9. The Balaban J connectivity index is 2.70. The number of nitrogens with one attached hydrogen (secondary N) is 2. The summed E-state index contributed by atoms with van der Waals surface area (Å²) in [6.45, 7) is 5.78. The second-order valence-electron chi connectivity index (χ2n) is 6.59. The molecule has 0 aromatic heterocycles. The van der Waals surface area contributed by atoms with Gasteiger partial charge in [0.05, 0.1) is 12.7 Å². The van der Waals surface area contributed by atoms with E-state index >= 15 is 0 Å². The molecule has 1 aliphatic rings. The third kappa shape index (κ3) is 5.78. The molecule has 0 aromatic carbocycles. The van der Waals surface area contributed by atoms with Crippen molar-refractivity contribution >= 4 is 11.9 Å². The summed E-state index contributed by atoms with van der Waals surface area (Å²) in [5.41, 5.74) is 4.95. The van der Waals surface area contributed by atoms with Gasteiger partial charge < -0.3 is 30.9 Å². The number of rotatable bonds is 5. The number of hydrogen-bond acceptors (Lipinski definition) is 6. The van der Waals surface area contributed by atoms with Crippen molar-refractivity contribution in [3.63, 3.8) is 0 Å². The zero-order valence-corrected chi connectivity index (χ0v) is 13.5. The topological polar surface area (TPSA) is 132 Å². The van der Waals surface area contributed by atoms with Crippen LogP contribution in [0.15, 0.2) is 0 Å². The maximum absolute atomic E-state index is 12.3. The molecular formula is C14H28N4O4. The highest BCUT2D eigenvalue weighted by Gasteiger charge is 2.36. The van der Waals surface area contributed by atoms with Gasteiger partial charge in [-0.3, -0.25) is 5.41 Å². The molecule has 0 aliphatic carbocycles. The standard InChI is InChI=1S/C14H28N4O4/c1-14(2,3)22-12(21)11-6-9(17-7-10(20)8-19)4-5-18(11)13(15)16/h9-11,17,19-20H,4-8H2,1-3H3,(H3,15,16). The highest BCUT2D eigenvalue weighted by atomic mass is 16.6. The SMILES string of the molecule is CC(C)(C)OC(=O)C1CC(NCC(O)CO)CCN1C(=N)N. The molecule has 1 rings (SSSR count). The van der Waals surface area contributed by atoms with Crippen LogP contribution < -0.4 is 11.1 Å². The van der Waals surface area contributed by atoms with Gasteiger partial charge in [-0.05, 0) is 33.6 Å². The van der Waals surface area contributed by atoms with Crippen molar-refractivity contribution in [2.75, 3.05) is 19.7 Å². The Bertz CT molecular complexity index is 397. The number of esters is 1. The number of guanidine groups is 1. The quantitative estimate of drug-likeness (QED) is 0.250. The maximum Gasteiger partial charge on any atom is 0.329 e. The molecule has 0 aromatic rings. The number of nitrogens with zero attached hydrogens (tertiary/aromatic N) is 1. The van der Waals surface area contributed by atoms with Gasteiger partial charge in [0.1, 0.15) is 11.6 Å². The van der Waals surface area contributed by atoms with Gasteiger partial charge in [-0.1, -0.05) is 0 Å². The molecule has 22 heavy (non-hydrogen) atoms. The van der Waals surface area contributed by atoms with E-state index in [9.17, 15) is 9.90 Å². The van der Waals surface area contributed by atoms with Crippen LogP contribution in [0.1, 0.15) is 33.6 Å². The van der Waals surface area contributed by atoms with Crippen LogP contribution in [0.4, 0.5) is 0 Å². The third-order valence-electron chi connectivity index (χ3n) is 3.44. The van der Waals surface area contributed by atoms with Crippen molar-refractivity contribution < 1.29 is 19.7 Å². The molecular weight excluding hydrogens is 288 g/mol. The average molecular weight is 316 g/mol. The first-order chi connectivity index (χ1) is 10.1. The van der Waals surface area contributed by atoms with Crippen LogP contribution in [0.25, 0.3) is 0 Å². The van der Waals surface area contributed by atoms with E-state index in [-0.39, 0.29) is 25.2 Å². The molecule has 1 saturated heterocycles. The predicted molar refractivity (Wildman–Crippen MR) is 82.4 cm³/mol. The van der Waals surface area contributed by atoms with Gasteiger partial charge in [0.25, 0.3) is 0 Å². The van der Waals surface area contributed by atoms with E-state index in [1.54, 1.807) is 20.8 Å². The maximum atomic E-state index is 12.3. The molecule has 3 unspecified atom stereocenters. The van der Waals surface area contributed by atoms with E-state index in [1.165, 1.54) is 4.90 Å². The summed E-state index contributed by atoms with van der Waals surface area (Å²) in [5, 5.41) is 29.0. The van der Waals surface area contributed by atoms with E-state index in [1.807, 2.05) is 0 Å². The minimum atomic E-state index is -0.828. The van der Waals surface area contributed by atoms with Crippen LogP contribution in [0.2, 0.25) is 0 Å². The highest BCUT2D eigenvalue weighted by Crippen LogP contribution is 2.21. The summed E-state index contributed by atoms with van der Waals surface area (Å²) in [7, 11) is 0. The van der Waals surface area contributed by atoms with E-state index in [4.69, 9.17) is 21.0 Å². The van der Waals surface area contributed by atoms with E-state index < -0.39 is 23.7 Å². The minimum Gasteiger partial charge on any atom is -0.458 e. The number of aliphatic hydroxyl groups excluding tert-OH is 2. The minimum absolute atomic E-state index is 0.00526. The average Bonchev–Trinajstić information content (AvgIpc) is 2.42. The van der Waals surface area contributed by atoms with Crippen LogP contribution in [0.5, 0.6) is 0 Å². The lowest BCUT2D eigenvalue weighted by Crippen LogP contribution is -2.57. The molecule has 128 valence electrons. The Hall–Kier alpha value is -1.38. The Morgan fingerprint density at radius 2 is 2.18 bits per heavy atom. The zero-order valence-electron chi connectivity index (χ0n) is 13.5. The first kappa shape index (κ1) is 18.7. The molecule has 3 atom stereocenters. The fourth-order valence-corrected chi connectivity index (χ4v) is 2.40. The Morgan fingerprint density at radius 3 is 2.68 bits per heavy atom. The van der Waals surface area contributed by atoms with Crippen molar-refractivity contribution in [1.82, 2.24) is 10.2 Å². The third-order valence-corrected chi connectivity index (χ3v) is 3.44. The molecule has 0 bridgehead atoms. The van der Waals surface area contributed by atoms with Gasteiger partial charge in [-0.2, -0.15) is 0 Å². The van der Waals surface area contributed by atoms with Gasteiger partial charge in [-0.25, -0.2) is 4.79 Å². The van der Waals surface area contributed by atoms with Gasteiger partial charge in [0.15, 0.2) is 5.96 Å². The van der Waals surface area contributed by atoms with Crippen LogP contribution in [-0.2, 0) is 9.53 Å². The second-order valence-corrected chi connectivity index (χ2v) is 6.59. The van der Waals surface area contributed by atoms with E-state index in [2.05, 4.69) is 5.32 Å². The van der Waals surface area contributed by atoms with E-state index in [0.717, 1.165) is 0 Å². The van der Waals surface area contributed by atoms with Gasteiger partial charge in [0, 0.05) is 19.1 Å². The second kappa shape index (κ2) is 7.75. The summed E-state index contributed by atoms with van der Waals surface area (Å²) < 4.78 is 5.40. The Kier molecular flexibility index (Phi) is 6.58. The summed E-state index contributed by atoms with van der Waals surface area (Å²) >= 11 is 0. The summed E-state index contributed by atoms with van der Waals surface area (Å²) in [5.74, 6) is -0.554. The molecule has 8 nitrogen and oxygen atoms in total. The van der Waals surface area contributed by atoms with Crippen LogP contribution >= 0.6 is 0 Å². The number of likely N-dealkylation sites (tertiary alicyclic amines) is 1. The smallest absolute Gasteiger partial charge is 0.329 e. The molecule has 1 fully saturated rings. The van der Waals surface area contributed by atoms with Crippen LogP contribution in [0.3, 0.4) is 0 Å². The van der Waals surface area contributed by atoms with Crippen molar-refractivity contribution in [3.05, 3.63) is 0 Å². The Morgan fingerprint density at radius 1 is 1.55 bits per heavy atom. The predicted octanol–water partition coefficient (Wildman–Crippen LogP) is -1.00. The number of aliphatic hydroxyl groups is 2. The Labute approximate surface area is 131 Å². The fourth-order valence-electron chi connectivity index (χ4n) is 2.40. The van der Waals surface area contributed by atoms with E-state index in [0.29, 0.717) is 19.4 Å². The number of carbonyl (C=O) groups excluding carboxylic acids is 1. The number of nitrogens with two attached hydrogens (primary N) is 1. The van der Waals surface area contributed by atoms with Gasteiger partial charge in [-0.15, -0.1) is 0 Å². The van der Waals surface area contributed by atoms with Crippen molar-refractivity contribution in [2.45, 2.75) is 57.4 Å². The van der Waals surface area contributed by atoms with Gasteiger partial charge >= 0.3 is 5.97 Å². The van der Waals surface area contributed by atoms with Crippen molar-refractivity contribution in [1.29, 1.82) is 5.41 Å². The van der Waals surface area contributed by atoms with Crippen molar-refractivity contribution in [2.24, 2.45) is 5.73 Å². The van der Waals surface area contributed by atoms with Gasteiger partial charge in [0.2, 0.25) is 0 Å². The number of piperidine rings is 1. The summed E-state index contributed by atoms with van der Waals surface area (Å²) in [6.07, 6.45) is 0.301. The molecule has 0 spiro atoms. The number of hydrogen-bond donors (Lipinski definition) is 5.